The Morgan fingerprint density at radius 2 is 2.00 bits per heavy atom. The van der Waals surface area contributed by atoms with Gasteiger partial charge in [0.25, 0.3) is 0 Å². The summed E-state index contributed by atoms with van der Waals surface area (Å²) in [6.45, 7) is 8.52. The molecular formula is C19H27N5O3. The minimum absolute atomic E-state index is 0.0184. The molecule has 0 spiro atoms. The van der Waals surface area contributed by atoms with Crippen molar-refractivity contribution in [2.75, 3.05) is 45.2 Å². The highest BCUT2D eigenvalue weighted by atomic mass is 16.5. The van der Waals surface area contributed by atoms with Crippen molar-refractivity contribution in [1.29, 1.82) is 0 Å². The van der Waals surface area contributed by atoms with Crippen LogP contribution in [0.1, 0.15) is 31.5 Å². The number of rotatable bonds is 7. The number of amides is 1. The Hall–Kier alpha value is -2.45. The van der Waals surface area contributed by atoms with Gasteiger partial charge in [-0.1, -0.05) is 25.1 Å². The summed E-state index contributed by atoms with van der Waals surface area (Å²) in [5.74, 6) is 2.38. The Morgan fingerprint density at radius 1 is 1.26 bits per heavy atom. The molecule has 1 aliphatic heterocycles. The van der Waals surface area contributed by atoms with Gasteiger partial charge in [0.2, 0.25) is 11.8 Å². The fraction of sp³-hybridized carbons (Fsp3) is 0.526. The third-order valence-electron chi connectivity index (χ3n) is 4.54. The molecule has 0 radical (unpaired) electrons. The van der Waals surface area contributed by atoms with Crippen LogP contribution in [0.25, 0.3) is 0 Å². The highest BCUT2D eigenvalue weighted by Gasteiger charge is 2.21. The standard InChI is InChI=1S/C19H27N5O3/c1-14(2)19-21-18(27-22-19)13-24-9-7-23(8-10-24)12-17(25)20-15-5-4-6-16(11-15)26-3/h4-6,11,14H,7-10,12-13H2,1-3H3,(H,20,25). The second-order valence-corrected chi connectivity index (χ2v) is 7.03. The predicted octanol–water partition coefficient (Wildman–Crippen LogP) is 1.96. The molecule has 3 rings (SSSR count). The lowest BCUT2D eigenvalue weighted by molar-refractivity contribution is -0.117. The first-order valence-electron chi connectivity index (χ1n) is 9.24. The van der Waals surface area contributed by atoms with Gasteiger partial charge < -0.3 is 14.6 Å². The Labute approximate surface area is 159 Å². The van der Waals surface area contributed by atoms with Crippen LogP contribution in [-0.2, 0) is 11.3 Å². The van der Waals surface area contributed by atoms with E-state index in [1.165, 1.54) is 0 Å². The molecule has 1 aliphatic rings. The third kappa shape index (κ3) is 5.51. The van der Waals surface area contributed by atoms with Gasteiger partial charge in [0.1, 0.15) is 5.75 Å². The number of piperazine rings is 1. The van der Waals surface area contributed by atoms with Crippen molar-refractivity contribution in [3.05, 3.63) is 36.0 Å². The van der Waals surface area contributed by atoms with Gasteiger partial charge in [0, 0.05) is 43.9 Å². The van der Waals surface area contributed by atoms with Crippen LogP contribution in [0.5, 0.6) is 5.75 Å². The van der Waals surface area contributed by atoms with Crippen molar-refractivity contribution >= 4 is 11.6 Å². The molecule has 1 fully saturated rings. The summed E-state index contributed by atoms with van der Waals surface area (Å²) in [5, 5.41) is 6.92. The molecule has 27 heavy (non-hydrogen) atoms. The highest BCUT2D eigenvalue weighted by molar-refractivity contribution is 5.92. The summed E-state index contributed by atoms with van der Waals surface area (Å²) < 4.78 is 10.5. The molecule has 1 aromatic heterocycles. The van der Waals surface area contributed by atoms with E-state index >= 15 is 0 Å². The number of benzene rings is 1. The van der Waals surface area contributed by atoms with E-state index in [1.807, 2.05) is 38.1 Å². The Morgan fingerprint density at radius 3 is 2.67 bits per heavy atom. The zero-order valence-corrected chi connectivity index (χ0v) is 16.1. The minimum atomic E-state index is -0.0184. The number of aromatic nitrogens is 2. The Kier molecular flexibility index (Phi) is 6.41. The van der Waals surface area contributed by atoms with Crippen molar-refractivity contribution in [1.82, 2.24) is 19.9 Å². The van der Waals surface area contributed by atoms with Crippen LogP contribution in [0.2, 0.25) is 0 Å². The maximum Gasteiger partial charge on any atom is 0.240 e. The van der Waals surface area contributed by atoms with Crippen LogP contribution >= 0.6 is 0 Å². The van der Waals surface area contributed by atoms with E-state index < -0.39 is 0 Å². The molecule has 8 nitrogen and oxygen atoms in total. The molecular weight excluding hydrogens is 346 g/mol. The van der Waals surface area contributed by atoms with E-state index in [4.69, 9.17) is 9.26 Å². The van der Waals surface area contributed by atoms with Gasteiger partial charge in [-0.3, -0.25) is 14.6 Å². The summed E-state index contributed by atoms with van der Waals surface area (Å²) in [6.07, 6.45) is 0. The topological polar surface area (TPSA) is 83.7 Å². The van der Waals surface area contributed by atoms with Crippen molar-refractivity contribution < 1.29 is 14.1 Å². The number of nitrogens with zero attached hydrogens (tertiary/aromatic N) is 4. The summed E-state index contributed by atoms with van der Waals surface area (Å²) in [7, 11) is 1.61. The number of carbonyl (C=O) groups excluding carboxylic acids is 1. The van der Waals surface area contributed by atoms with Crippen LogP contribution in [0.4, 0.5) is 5.69 Å². The van der Waals surface area contributed by atoms with E-state index in [2.05, 4.69) is 25.3 Å². The average Bonchev–Trinajstić information content (AvgIpc) is 3.12. The van der Waals surface area contributed by atoms with Gasteiger partial charge in [-0.2, -0.15) is 4.98 Å². The van der Waals surface area contributed by atoms with Crippen molar-refractivity contribution in [2.45, 2.75) is 26.3 Å². The zero-order valence-electron chi connectivity index (χ0n) is 16.1. The first-order chi connectivity index (χ1) is 13.0. The maximum atomic E-state index is 12.3. The van der Waals surface area contributed by atoms with E-state index in [1.54, 1.807) is 7.11 Å². The molecule has 1 amide bonds. The lowest BCUT2D eigenvalue weighted by Gasteiger charge is -2.33. The van der Waals surface area contributed by atoms with Crippen LogP contribution in [-0.4, -0.2) is 65.7 Å². The monoisotopic (exact) mass is 373 g/mol. The van der Waals surface area contributed by atoms with Crippen LogP contribution in [0.3, 0.4) is 0 Å². The van der Waals surface area contributed by atoms with E-state index in [0.717, 1.165) is 43.4 Å². The van der Waals surface area contributed by atoms with E-state index in [0.29, 0.717) is 19.0 Å². The number of nitrogens with one attached hydrogen (secondary N) is 1. The molecule has 0 saturated carbocycles. The minimum Gasteiger partial charge on any atom is -0.497 e. The molecule has 2 aromatic rings. The number of ether oxygens (including phenoxy) is 1. The van der Waals surface area contributed by atoms with Gasteiger partial charge >= 0.3 is 0 Å². The first-order valence-corrected chi connectivity index (χ1v) is 9.24. The van der Waals surface area contributed by atoms with Gasteiger partial charge in [0.15, 0.2) is 5.82 Å². The summed E-state index contributed by atoms with van der Waals surface area (Å²) in [4.78, 5) is 21.1. The molecule has 8 heteroatoms. The summed E-state index contributed by atoms with van der Waals surface area (Å²) in [6, 6.07) is 7.37. The largest absolute Gasteiger partial charge is 0.497 e. The van der Waals surface area contributed by atoms with Gasteiger partial charge in [0.05, 0.1) is 20.2 Å². The number of hydrogen-bond acceptors (Lipinski definition) is 7. The molecule has 2 heterocycles. The molecule has 0 atom stereocenters. The third-order valence-corrected chi connectivity index (χ3v) is 4.54. The maximum absolute atomic E-state index is 12.3. The molecule has 0 unspecified atom stereocenters. The molecule has 1 N–H and O–H groups in total. The average molecular weight is 373 g/mol. The second-order valence-electron chi connectivity index (χ2n) is 7.03. The Bertz CT molecular complexity index is 753. The predicted molar refractivity (Wildman–Crippen MR) is 102 cm³/mol. The zero-order chi connectivity index (χ0) is 19.2. The SMILES string of the molecule is COc1cccc(NC(=O)CN2CCN(Cc3nc(C(C)C)no3)CC2)c1. The lowest BCUT2D eigenvalue weighted by atomic mass is 10.2. The number of anilines is 1. The van der Waals surface area contributed by atoms with Crippen LogP contribution in [0, 0.1) is 0 Å². The van der Waals surface area contributed by atoms with Gasteiger partial charge in [-0.25, -0.2) is 0 Å². The molecule has 1 aromatic carbocycles. The summed E-state index contributed by atoms with van der Waals surface area (Å²) >= 11 is 0. The highest BCUT2D eigenvalue weighted by Crippen LogP contribution is 2.17. The van der Waals surface area contributed by atoms with E-state index in [-0.39, 0.29) is 11.8 Å². The normalized spacial score (nSPS) is 15.9. The van der Waals surface area contributed by atoms with Gasteiger partial charge in [-0.15, -0.1) is 0 Å². The van der Waals surface area contributed by atoms with Gasteiger partial charge in [-0.05, 0) is 12.1 Å². The van der Waals surface area contributed by atoms with E-state index in [9.17, 15) is 4.79 Å². The quantitative estimate of drug-likeness (QED) is 0.794. The number of methoxy groups -OCH3 is 1. The molecule has 1 saturated heterocycles. The molecule has 0 aliphatic carbocycles. The number of carbonyl (C=O) groups is 1. The molecule has 0 bridgehead atoms. The molecule has 146 valence electrons. The lowest BCUT2D eigenvalue weighted by Crippen LogP contribution is -2.48. The number of hydrogen-bond donors (Lipinski definition) is 1. The van der Waals surface area contributed by atoms with Crippen molar-refractivity contribution in [3.63, 3.8) is 0 Å². The first kappa shape index (κ1) is 19.3. The van der Waals surface area contributed by atoms with Crippen molar-refractivity contribution in [3.8, 4) is 5.75 Å². The van der Waals surface area contributed by atoms with Crippen LogP contribution < -0.4 is 10.1 Å². The summed E-state index contributed by atoms with van der Waals surface area (Å²) in [5.41, 5.74) is 0.746. The second kappa shape index (κ2) is 8.96. The van der Waals surface area contributed by atoms with Crippen LogP contribution in [0.15, 0.2) is 28.8 Å². The fourth-order valence-electron chi connectivity index (χ4n) is 2.97. The Balaban J connectivity index is 1.42. The van der Waals surface area contributed by atoms with Crippen molar-refractivity contribution in [2.24, 2.45) is 0 Å². The fourth-order valence-corrected chi connectivity index (χ4v) is 2.97. The smallest absolute Gasteiger partial charge is 0.240 e.